The van der Waals surface area contributed by atoms with E-state index in [1.807, 2.05) is 6.07 Å². The van der Waals surface area contributed by atoms with Crippen molar-refractivity contribution in [3.8, 4) is 0 Å². The topological polar surface area (TPSA) is 68.8 Å². The number of para-hydroxylation sites is 1. The molecule has 2 aliphatic rings. The van der Waals surface area contributed by atoms with E-state index in [1.54, 1.807) is 7.05 Å². The Morgan fingerprint density at radius 2 is 2.04 bits per heavy atom. The molecule has 3 N–H and O–H groups in total. The Morgan fingerprint density at radius 3 is 2.75 bits per heavy atom. The third-order valence-electron chi connectivity index (χ3n) is 4.30. The van der Waals surface area contributed by atoms with Crippen molar-refractivity contribution in [3.05, 3.63) is 28.7 Å². The number of hydrogen-bond acceptors (Lipinski definition) is 3. The zero-order chi connectivity index (χ0) is 16.9. The van der Waals surface area contributed by atoms with Gasteiger partial charge in [0.1, 0.15) is 0 Å². The summed E-state index contributed by atoms with van der Waals surface area (Å²) < 4.78 is 1.12. The van der Waals surface area contributed by atoms with E-state index < -0.39 is 0 Å². The van der Waals surface area contributed by atoms with Crippen LogP contribution in [0.15, 0.2) is 33.7 Å². The van der Waals surface area contributed by atoms with Gasteiger partial charge in [0.25, 0.3) is 0 Å². The van der Waals surface area contributed by atoms with Gasteiger partial charge in [0, 0.05) is 36.7 Å². The van der Waals surface area contributed by atoms with Gasteiger partial charge in [-0.1, -0.05) is 12.1 Å². The van der Waals surface area contributed by atoms with Gasteiger partial charge in [-0.2, -0.15) is 0 Å². The molecule has 7 heteroatoms. The Kier molecular flexibility index (Phi) is 5.60. The van der Waals surface area contributed by atoms with Crippen molar-refractivity contribution >= 4 is 33.5 Å². The van der Waals surface area contributed by atoms with Crippen LogP contribution in [-0.2, 0) is 4.79 Å². The highest BCUT2D eigenvalue weighted by atomic mass is 79.9. The smallest absolute Gasteiger partial charge is 0.239 e. The molecule has 1 heterocycles. The first-order valence-electron chi connectivity index (χ1n) is 8.41. The predicted molar refractivity (Wildman–Crippen MR) is 100 cm³/mol. The number of nitrogens with zero attached hydrogens (tertiary/aromatic N) is 2. The molecular weight excluding hydrogens is 370 g/mol. The molecular formula is C17H24BrN5O. The molecule has 0 spiro atoms. The van der Waals surface area contributed by atoms with Crippen LogP contribution in [-0.4, -0.2) is 50.6 Å². The summed E-state index contributed by atoms with van der Waals surface area (Å²) in [6.07, 6.45) is 3.24. The van der Waals surface area contributed by atoms with E-state index in [0.29, 0.717) is 18.0 Å². The third kappa shape index (κ3) is 4.63. The number of amides is 1. The lowest BCUT2D eigenvalue weighted by Crippen LogP contribution is -2.47. The Bertz CT molecular complexity index is 617. The molecule has 1 aromatic rings. The van der Waals surface area contributed by atoms with Crippen molar-refractivity contribution < 1.29 is 4.79 Å². The lowest BCUT2D eigenvalue weighted by Gasteiger charge is -2.21. The SMILES string of the molecule is CN=C(NCC(=O)NC1CC1)NC1CCN(c2ccccc2Br)C1. The van der Waals surface area contributed by atoms with E-state index in [4.69, 9.17) is 0 Å². The summed E-state index contributed by atoms with van der Waals surface area (Å²) in [5, 5.41) is 9.47. The lowest BCUT2D eigenvalue weighted by molar-refractivity contribution is -0.120. The molecule has 1 aromatic carbocycles. The molecule has 2 fully saturated rings. The first kappa shape index (κ1) is 17.1. The number of nitrogens with one attached hydrogen (secondary N) is 3. The fraction of sp³-hybridized carbons (Fsp3) is 0.529. The highest BCUT2D eigenvalue weighted by Crippen LogP contribution is 2.28. The minimum atomic E-state index is 0.0294. The number of rotatable bonds is 5. The zero-order valence-electron chi connectivity index (χ0n) is 13.9. The zero-order valence-corrected chi connectivity index (χ0v) is 15.5. The van der Waals surface area contributed by atoms with Gasteiger partial charge in [-0.05, 0) is 47.3 Å². The molecule has 1 unspecified atom stereocenters. The highest BCUT2D eigenvalue weighted by molar-refractivity contribution is 9.10. The van der Waals surface area contributed by atoms with Gasteiger partial charge in [0.05, 0.1) is 12.2 Å². The third-order valence-corrected chi connectivity index (χ3v) is 4.98. The molecule has 0 radical (unpaired) electrons. The van der Waals surface area contributed by atoms with Crippen LogP contribution in [0.5, 0.6) is 0 Å². The van der Waals surface area contributed by atoms with Crippen LogP contribution in [0, 0.1) is 0 Å². The summed E-state index contributed by atoms with van der Waals surface area (Å²) in [5.41, 5.74) is 1.22. The second kappa shape index (κ2) is 7.88. The molecule has 24 heavy (non-hydrogen) atoms. The predicted octanol–water partition coefficient (Wildman–Crippen LogP) is 1.47. The molecule has 1 saturated heterocycles. The number of carbonyl (C=O) groups is 1. The molecule has 1 saturated carbocycles. The summed E-state index contributed by atoms with van der Waals surface area (Å²) in [5.74, 6) is 0.710. The Balaban J connectivity index is 1.46. The van der Waals surface area contributed by atoms with E-state index >= 15 is 0 Å². The molecule has 1 atom stereocenters. The fourth-order valence-electron chi connectivity index (χ4n) is 2.86. The number of carbonyl (C=O) groups excluding carboxylic acids is 1. The van der Waals surface area contributed by atoms with Crippen LogP contribution in [0.2, 0.25) is 0 Å². The largest absolute Gasteiger partial charge is 0.368 e. The van der Waals surface area contributed by atoms with Crippen molar-refractivity contribution in [2.24, 2.45) is 4.99 Å². The summed E-state index contributed by atoms with van der Waals surface area (Å²) in [6, 6.07) is 8.98. The van der Waals surface area contributed by atoms with Gasteiger partial charge in [0.2, 0.25) is 5.91 Å². The summed E-state index contributed by atoms with van der Waals surface area (Å²) in [6.45, 7) is 2.17. The minimum Gasteiger partial charge on any atom is -0.368 e. The van der Waals surface area contributed by atoms with E-state index in [2.05, 4.69) is 60.0 Å². The number of aliphatic imine (C=N–C) groups is 1. The maximum atomic E-state index is 11.8. The van der Waals surface area contributed by atoms with Crippen molar-refractivity contribution in [1.82, 2.24) is 16.0 Å². The minimum absolute atomic E-state index is 0.0294. The van der Waals surface area contributed by atoms with E-state index in [1.165, 1.54) is 5.69 Å². The summed E-state index contributed by atoms with van der Waals surface area (Å²) >= 11 is 3.61. The van der Waals surface area contributed by atoms with Crippen molar-refractivity contribution in [2.75, 3.05) is 31.6 Å². The van der Waals surface area contributed by atoms with Crippen molar-refractivity contribution in [2.45, 2.75) is 31.3 Å². The van der Waals surface area contributed by atoms with E-state index in [-0.39, 0.29) is 12.5 Å². The van der Waals surface area contributed by atoms with Crippen molar-refractivity contribution in [1.29, 1.82) is 0 Å². The second-order valence-electron chi connectivity index (χ2n) is 6.29. The van der Waals surface area contributed by atoms with Crippen LogP contribution >= 0.6 is 15.9 Å². The maximum absolute atomic E-state index is 11.8. The number of halogens is 1. The van der Waals surface area contributed by atoms with E-state index in [0.717, 1.165) is 36.8 Å². The fourth-order valence-corrected chi connectivity index (χ4v) is 3.40. The number of hydrogen-bond donors (Lipinski definition) is 3. The van der Waals surface area contributed by atoms with Gasteiger partial charge in [-0.3, -0.25) is 9.79 Å². The molecule has 130 valence electrons. The standard InChI is InChI=1S/C17H24BrN5O/c1-19-17(20-10-16(24)21-12-6-7-12)22-13-8-9-23(11-13)15-5-3-2-4-14(15)18/h2-5,12-13H,6-11H2,1H3,(H,21,24)(H2,19,20,22). The molecule has 1 amide bonds. The molecule has 1 aliphatic carbocycles. The monoisotopic (exact) mass is 393 g/mol. The van der Waals surface area contributed by atoms with Crippen LogP contribution in [0.3, 0.4) is 0 Å². The van der Waals surface area contributed by atoms with Gasteiger partial charge in [-0.15, -0.1) is 0 Å². The van der Waals surface area contributed by atoms with Crippen LogP contribution in [0.1, 0.15) is 19.3 Å². The molecule has 1 aliphatic heterocycles. The molecule has 3 rings (SSSR count). The average molecular weight is 394 g/mol. The molecule has 6 nitrogen and oxygen atoms in total. The lowest BCUT2D eigenvalue weighted by atomic mass is 10.3. The Morgan fingerprint density at radius 1 is 1.25 bits per heavy atom. The normalized spacial score (nSPS) is 20.8. The van der Waals surface area contributed by atoms with Gasteiger partial charge >= 0.3 is 0 Å². The number of guanidine groups is 1. The molecule has 0 aromatic heterocycles. The second-order valence-corrected chi connectivity index (χ2v) is 7.15. The van der Waals surface area contributed by atoms with Gasteiger partial charge < -0.3 is 20.9 Å². The highest BCUT2D eigenvalue weighted by Gasteiger charge is 2.25. The van der Waals surface area contributed by atoms with Gasteiger partial charge in [0.15, 0.2) is 5.96 Å². The van der Waals surface area contributed by atoms with Crippen LogP contribution in [0.4, 0.5) is 5.69 Å². The van der Waals surface area contributed by atoms with Crippen LogP contribution in [0.25, 0.3) is 0 Å². The maximum Gasteiger partial charge on any atom is 0.239 e. The van der Waals surface area contributed by atoms with Crippen molar-refractivity contribution in [3.63, 3.8) is 0 Å². The van der Waals surface area contributed by atoms with E-state index in [9.17, 15) is 4.79 Å². The number of anilines is 1. The Hall–Kier alpha value is -1.76. The average Bonchev–Trinajstić information content (AvgIpc) is 3.27. The van der Waals surface area contributed by atoms with Gasteiger partial charge in [-0.25, -0.2) is 0 Å². The molecule has 0 bridgehead atoms. The summed E-state index contributed by atoms with van der Waals surface area (Å²) in [7, 11) is 1.73. The number of benzene rings is 1. The quantitative estimate of drug-likeness (QED) is 0.523. The van der Waals surface area contributed by atoms with Crippen LogP contribution < -0.4 is 20.9 Å². The first-order valence-corrected chi connectivity index (χ1v) is 9.21. The Labute approximate surface area is 151 Å². The first-order chi connectivity index (χ1) is 11.7. The summed E-state index contributed by atoms with van der Waals surface area (Å²) in [4.78, 5) is 18.3.